The number of hydrogen-bond donors (Lipinski definition) is 0. The second-order valence-corrected chi connectivity index (χ2v) is 4.00. The summed E-state index contributed by atoms with van der Waals surface area (Å²) in [5.74, 6) is -0.215. The molecular weight excluding hydrogens is 218 g/mol. The summed E-state index contributed by atoms with van der Waals surface area (Å²) in [6.45, 7) is 2.38. The van der Waals surface area contributed by atoms with Gasteiger partial charge in [-0.25, -0.2) is 9.69 Å². The third-order valence-electron chi connectivity index (χ3n) is 2.73. The lowest BCUT2D eigenvalue weighted by atomic mass is 10.2. The maximum absolute atomic E-state index is 11.8. The molecule has 1 aliphatic heterocycles. The number of carbonyl (C=O) groups excluding carboxylic acids is 2. The van der Waals surface area contributed by atoms with Gasteiger partial charge in [0.1, 0.15) is 0 Å². The van der Waals surface area contributed by atoms with Gasteiger partial charge in [0.15, 0.2) is 0 Å². The van der Waals surface area contributed by atoms with Crippen LogP contribution in [-0.4, -0.2) is 18.6 Å². The van der Waals surface area contributed by atoms with Crippen molar-refractivity contribution in [3.63, 3.8) is 0 Å². The highest BCUT2D eigenvalue weighted by atomic mass is 16.6. The number of imide groups is 1. The van der Waals surface area contributed by atoms with Crippen LogP contribution in [0.3, 0.4) is 0 Å². The van der Waals surface area contributed by atoms with Crippen LogP contribution < -0.4 is 4.90 Å². The van der Waals surface area contributed by atoms with Gasteiger partial charge in [-0.05, 0) is 18.1 Å². The molecule has 0 atom stereocenters. The van der Waals surface area contributed by atoms with Crippen molar-refractivity contribution in [2.45, 2.75) is 26.2 Å². The molecule has 2 amide bonds. The van der Waals surface area contributed by atoms with Crippen LogP contribution in [0.1, 0.15) is 25.3 Å². The fraction of sp³-hybridized carbons (Fsp3) is 0.385. The molecule has 4 nitrogen and oxygen atoms in total. The average Bonchev–Trinajstić information content (AvgIpc) is 2.65. The smallest absolute Gasteiger partial charge is 0.421 e. The lowest BCUT2D eigenvalue weighted by Crippen LogP contribution is -2.34. The Labute approximate surface area is 100 Å². The molecule has 0 bridgehead atoms. The summed E-state index contributed by atoms with van der Waals surface area (Å²) in [6.07, 6.45) is 1.49. The van der Waals surface area contributed by atoms with Crippen molar-refractivity contribution in [1.29, 1.82) is 0 Å². The van der Waals surface area contributed by atoms with E-state index in [1.807, 2.05) is 25.1 Å². The van der Waals surface area contributed by atoms with E-state index in [1.54, 1.807) is 6.07 Å². The topological polar surface area (TPSA) is 46.6 Å². The molecule has 0 saturated heterocycles. The van der Waals surface area contributed by atoms with Crippen LogP contribution in [0.5, 0.6) is 0 Å². The molecule has 0 radical (unpaired) electrons. The molecular formula is C13H15NO3. The van der Waals surface area contributed by atoms with E-state index >= 15 is 0 Å². The number of rotatable bonds is 3. The van der Waals surface area contributed by atoms with Crippen molar-refractivity contribution in [2.24, 2.45) is 0 Å². The fourth-order valence-electron chi connectivity index (χ4n) is 1.82. The van der Waals surface area contributed by atoms with Crippen molar-refractivity contribution < 1.29 is 14.3 Å². The van der Waals surface area contributed by atoms with Gasteiger partial charge in [-0.3, -0.25) is 4.79 Å². The number of anilines is 1. The zero-order valence-corrected chi connectivity index (χ0v) is 9.81. The monoisotopic (exact) mass is 233 g/mol. The first kappa shape index (κ1) is 11.6. The molecule has 90 valence electrons. The Morgan fingerprint density at radius 2 is 2.18 bits per heavy atom. The zero-order chi connectivity index (χ0) is 12.3. The molecule has 0 unspecified atom stereocenters. The zero-order valence-electron chi connectivity index (χ0n) is 9.81. The van der Waals surface area contributed by atoms with Crippen LogP contribution in [0, 0.1) is 0 Å². The van der Waals surface area contributed by atoms with Gasteiger partial charge in [-0.1, -0.05) is 31.5 Å². The van der Waals surface area contributed by atoms with E-state index in [0.29, 0.717) is 12.3 Å². The fourth-order valence-corrected chi connectivity index (χ4v) is 1.82. The number of carbonyl (C=O) groups is 2. The second kappa shape index (κ2) is 4.99. The summed E-state index contributed by atoms with van der Waals surface area (Å²) in [6, 6.07) is 7.29. The molecule has 1 aliphatic rings. The standard InChI is InChI=1S/C13H15NO3/c1-2-3-8-17-13(16)14-11-7-5-4-6-10(11)9-12(14)15/h4-7H,2-3,8-9H2,1H3. The Balaban J connectivity index is 2.10. The highest BCUT2D eigenvalue weighted by molar-refractivity contribution is 6.17. The van der Waals surface area contributed by atoms with Crippen LogP contribution in [0.25, 0.3) is 0 Å². The summed E-state index contributed by atoms with van der Waals surface area (Å²) in [5, 5.41) is 0. The highest BCUT2D eigenvalue weighted by Crippen LogP contribution is 2.28. The number of benzene rings is 1. The average molecular weight is 233 g/mol. The first-order valence-electron chi connectivity index (χ1n) is 5.81. The highest BCUT2D eigenvalue weighted by Gasteiger charge is 2.32. The molecule has 17 heavy (non-hydrogen) atoms. The predicted molar refractivity (Wildman–Crippen MR) is 63.9 cm³/mol. The first-order valence-corrected chi connectivity index (χ1v) is 5.81. The molecule has 4 heteroatoms. The van der Waals surface area contributed by atoms with Gasteiger partial charge < -0.3 is 4.74 Å². The van der Waals surface area contributed by atoms with Gasteiger partial charge in [0, 0.05) is 0 Å². The van der Waals surface area contributed by atoms with E-state index in [4.69, 9.17) is 4.74 Å². The Morgan fingerprint density at radius 1 is 1.41 bits per heavy atom. The molecule has 0 N–H and O–H groups in total. The van der Waals surface area contributed by atoms with Crippen LogP contribution in [0.2, 0.25) is 0 Å². The maximum atomic E-state index is 11.8. The number of nitrogens with zero attached hydrogens (tertiary/aromatic N) is 1. The molecule has 1 aromatic carbocycles. The Kier molecular flexibility index (Phi) is 3.42. The van der Waals surface area contributed by atoms with E-state index in [2.05, 4.69) is 0 Å². The molecule has 1 aromatic rings. The Morgan fingerprint density at radius 3 is 2.94 bits per heavy atom. The van der Waals surface area contributed by atoms with Gasteiger partial charge in [-0.2, -0.15) is 0 Å². The molecule has 0 spiro atoms. The van der Waals surface area contributed by atoms with Gasteiger partial charge >= 0.3 is 6.09 Å². The number of unbranched alkanes of at least 4 members (excludes halogenated alkanes) is 1. The van der Waals surface area contributed by atoms with Gasteiger partial charge in [0.25, 0.3) is 0 Å². The molecule has 2 rings (SSSR count). The maximum Gasteiger partial charge on any atom is 0.421 e. The second-order valence-electron chi connectivity index (χ2n) is 4.00. The third kappa shape index (κ3) is 2.30. The minimum atomic E-state index is -0.562. The van der Waals surface area contributed by atoms with Crippen LogP contribution in [-0.2, 0) is 16.0 Å². The van der Waals surface area contributed by atoms with Crippen molar-refractivity contribution in [3.8, 4) is 0 Å². The summed E-state index contributed by atoms with van der Waals surface area (Å²) in [7, 11) is 0. The lowest BCUT2D eigenvalue weighted by molar-refractivity contribution is -0.117. The number of hydrogen-bond acceptors (Lipinski definition) is 3. The van der Waals surface area contributed by atoms with E-state index in [-0.39, 0.29) is 12.3 Å². The van der Waals surface area contributed by atoms with Crippen LogP contribution >= 0.6 is 0 Å². The number of fused-ring (bicyclic) bond motifs is 1. The van der Waals surface area contributed by atoms with Crippen molar-refractivity contribution in [1.82, 2.24) is 0 Å². The Bertz CT molecular complexity index is 442. The molecule has 0 saturated carbocycles. The lowest BCUT2D eigenvalue weighted by Gasteiger charge is -2.15. The number of ether oxygens (including phenoxy) is 1. The SMILES string of the molecule is CCCCOC(=O)N1C(=O)Cc2ccccc21. The van der Waals surface area contributed by atoms with E-state index in [9.17, 15) is 9.59 Å². The summed E-state index contributed by atoms with van der Waals surface area (Å²) < 4.78 is 5.06. The molecule has 0 aromatic heterocycles. The molecule has 1 heterocycles. The molecule has 0 fully saturated rings. The van der Waals surface area contributed by atoms with Crippen molar-refractivity contribution in [2.75, 3.05) is 11.5 Å². The summed E-state index contributed by atoms with van der Waals surface area (Å²) in [4.78, 5) is 24.6. The van der Waals surface area contributed by atoms with Gasteiger partial charge in [0.2, 0.25) is 5.91 Å². The molecule has 0 aliphatic carbocycles. The third-order valence-corrected chi connectivity index (χ3v) is 2.73. The Hall–Kier alpha value is -1.84. The van der Waals surface area contributed by atoms with Crippen LogP contribution in [0.4, 0.5) is 10.5 Å². The van der Waals surface area contributed by atoms with Gasteiger partial charge in [-0.15, -0.1) is 0 Å². The van der Waals surface area contributed by atoms with E-state index in [1.165, 1.54) is 0 Å². The summed E-state index contributed by atoms with van der Waals surface area (Å²) >= 11 is 0. The van der Waals surface area contributed by atoms with Crippen LogP contribution in [0.15, 0.2) is 24.3 Å². The van der Waals surface area contributed by atoms with E-state index in [0.717, 1.165) is 23.3 Å². The minimum Gasteiger partial charge on any atom is -0.449 e. The van der Waals surface area contributed by atoms with Gasteiger partial charge in [0.05, 0.1) is 18.7 Å². The predicted octanol–water partition coefficient (Wildman–Crippen LogP) is 2.51. The minimum absolute atomic E-state index is 0.215. The largest absolute Gasteiger partial charge is 0.449 e. The number of para-hydroxylation sites is 1. The summed E-state index contributed by atoms with van der Waals surface area (Å²) in [5.41, 5.74) is 1.53. The van der Waals surface area contributed by atoms with E-state index < -0.39 is 6.09 Å². The first-order chi connectivity index (χ1) is 8.24. The van der Waals surface area contributed by atoms with Crippen molar-refractivity contribution >= 4 is 17.7 Å². The van der Waals surface area contributed by atoms with Crippen molar-refractivity contribution in [3.05, 3.63) is 29.8 Å². The number of amides is 2. The quantitative estimate of drug-likeness (QED) is 0.753. The normalized spacial score (nSPS) is 13.7.